The number of halogens is 1. The van der Waals surface area contributed by atoms with Gasteiger partial charge in [-0.1, -0.05) is 59.6 Å². The third-order valence-electron chi connectivity index (χ3n) is 3.12. The Hall–Kier alpha value is -1.42. The van der Waals surface area contributed by atoms with Crippen molar-refractivity contribution in [3.63, 3.8) is 0 Å². The Bertz CT molecular complexity index is 620. The number of rotatable bonds is 4. The molecule has 0 fully saturated rings. The Morgan fingerprint density at radius 2 is 1.95 bits per heavy atom. The minimum absolute atomic E-state index is 0.0363. The maximum absolute atomic E-state index is 12.4. The summed E-state index contributed by atoms with van der Waals surface area (Å²) >= 11 is 3.39. The Kier molecular flexibility index (Phi) is 4.53. The van der Waals surface area contributed by atoms with Crippen LogP contribution in [0.3, 0.4) is 0 Å². The second-order valence-corrected chi connectivity index (χ2v) is 5.04. The van der Waals surface area contributed by atoms with Crippen LogP contribution >= 0.6 is 15.9 Å². The van der Waals surface area contributed by atoms with Crippen molar-refractivity contribution >= 4 is 15.9 Å². The zero-order valence-corrected chi connectivity index (χ0v) is 12.8. The van der Waals surface area contributed by atoms with E-state index in [1.54, 1.807) is 11.6 Å². The normalized spacial score (nSPS) is 10.7. The van der Waals surface area contributed by atoms with E-state index in [9.17, 15) is 4.79 Å². The molecule has 0 aliphatic heterocycles. The van der Waals surface area contributed by atoms with Gasteiger partial charge in [-0.2, -0.15) is 0 Å². The third kappa shape index (κ3) is 2.78. The van der Waals surface area contributed by atoms with Gasteiger partial charge in [0.1, 0.15) is 5.82 Å². The number of hydrogen-bond acceptors (Lipinski definition) is 2. The van der Waals surface area contributed by atoms with Crippen molar-refractivity contribution in [3.05, 3.63) is 51.9 Å². The van der Waals surface area contributed by atoms with Crippen molar-refractivity contribution < 1.29 is 0 Å². The summed E-state index contributed by atoms with van der Waals surface area (Å²) < 4.78 is 1.63. The van der Waals surface area contributed by atoms with Crippen LogP contribution in [0.1, 0.15) is 24.6 Å². The van der Waals surface area contributed by atoms with E-state index in [1.807, 2.05) is 30.3 Å². The van der Waals surface area contributed by atoms with Crippen molar-refractivity contribution in [3.8, 4) is 11.4 Å². The largest absolute Gasteiger partial charge is 0.296 e. The van der Waals surface area contributed by atoms with E-state index in [0.29, 0.717) is 5.33 Å². The second-order valence-electron chi connectivity index (χ2n) is 4.47. The van der Waals surface area contributed by atoms with Crippen LogP contribution in [-0.4, -0.2) is 9.55 Å². The van der Waals surface area contributed by atoms with Crippen LogP contribution in [0.25, 0.3) is 11.4 Å². The first-order valence-corrected chi connectivity index (χ1v) is 7.51. The van der Waals surface area contributed by atoms with Crippen LogP contribution in [-0.2, 0) is 18.8 Å². The highest BCUT2D eigenvalue weighted by Crippen LogP contribution is 2.18. The lowest BCUT2D eigenvalue weighted by Crippen LogP contribution is -2.25. The molecule has 2 rings (SSSR count). The molecule has 0 amide bonds. The molecule has 0 bridgehead atoms. The summed E-state index contributed by atoms with van der Waals surface area (Å²) in [5.74, 6) is 0.735. The van der Waals surface area contributed by atoms with Gasteiger partial charge in [0.2, 0.25) is 0 Å². The maximum atomic E-state index is 12.4. The van der Waals surface area contributed by atoms with Gasteiger partial charge >= 0.3 is 0 Å². The first-order chi connectivity index (χ1) is 9.19. The molecule has 1 aromatic carbocycles. The van der Waals surface area contributed by atoms with Gasteiger partial charge in [0, 0.05) is 23.5 Å². The van der Waals surface area contributed by atoms with E-state index in [2.05, 4.69) is 22.9 Å². The summed E-state index contributed by atoms with van der Waals surface area (Å²) in [6, 6.07) is 9.83. The summed E-state index contributed by atoms with van der Waals surface area (Å²) in [7, 11) is 1.78. The van der Waals surface area contributed by atoms with Gasteiger partial charge in [0.25, 0.3) is 5.56 Å². The Morgan fingerprint density at radius 3 is 2.53 bits per heavy atom. The molecule has 1 aromatic heterocycles. The first kappa shape index (κ1) is 14.0. The van der Waals surface area contributed by atoms with E-state index in [1.165, 1.54) is 0 Å². The van der Waals surface area contributed by atoms with Crippen molar-refractivity contribution in [2.45, 2.75) is 25.1 Å². The molecule has 1 heterocycles. The minimum Gasteiger partial charge on any atom is -0.296 e. The first-order valence-electron chi connectivity index (χ1n) is 6.39. The van der Waals surface area contributed by atoms with Crippen molar-refractivity contribution in [1.82, 2.24) is 9.55 Å². The standard InChI is InChI=1S/C15H17BrN2O/c1-3-7-13-12(10-16)15(19)18(2)14(17-13)11-8-5-4-6-9-11/h4-6,8-9H,3,7,10H2,1-2H3. The summed E-state index contributed by atoms with van der Waals surface area (Å²) in [5, 5.41) is 0.553. The molecule has 0 N–H and O–H groups in total. The number of alkyl halides is 1. The predicted octanol–water partition coefficient (Wildman–Crippen LogP) is 3.29. The number of aryl methyl sites for hydroxylation is 1. The van der Waals surface area contributed by atoms with Crippen molar-refractivity contribution in [2.75, 3.05) is 0 Å². The number of hydrogen-bond donors (Lipinski definition) is 0. The highest BCUT2D eigenvalue weighted by Gasteiger charge is 2.14. The molecule has 0 radical (unpaired) electrons. The highest BCUT2D eigenvalue weighted by atomic mass is 79.9. The SMILES string of the molecule is CCCc1nc(-c2ccccc2)n(C)c(=O)c1CBr. The van der Waals surface area contributed by atoms with E-state index in [-0.39, 0.29) is 5.56 Å². The van der Waals surface area contributed by atoms with E-state index >= 15 is 0 Å². The zero-order valence-electron chi connectivity index (χ0n) is 11.2. The van der Waals surface area contributed by atoms with Gasteiger partial charge in [-0.25, -0.2) is 4.98 Å². The molecule has 2 aromatic rings. The Balaban J connectivity index is 2.66. The average Bonchev–Trinajstić information content (AvgIpc) is 2.44. The van der Waals surface area contributed by atoms with Gasteiger partial charge in [0.05, 0.1) is 5.69 Å². The lowest BCUT2D eigenvalue weighted by Gasteiger charge is -2.13. The third-order valence-corrected chi connectivity index (χ3v) is 3.68. The van der Waals surface area contributed by atoms with Gasteiger partial charge in [-0.15, -0.1) is 0 Å². The number of aromatic nitrogens is 2. The van der Waals surface area contributed by atoms with Crippen LogP contribution in [0.15, 0.2) is 35.1 Å². The quantitative estimate of drug-likeness (QED) is 0.810. The van der Waals surface area contributed by atoms with E-state index < -0.39 is 0 Å². The molecule has 0 unspecified atom stereocenters. The molecule has 100 valence electrons. The lowest BCUT2D eigenvalue weighted by molar-refractivity contribution is 0.777. The van der Waals surface area contributed by atoms with Crippen LogP contribution in [0.5, 0.6) is 0 Å². The molecule has 0 aliphatic rings. The van der Waals surface area contributed by atoms with Crippen LogP contribution in [0.2, 0.25) is 0 Å². The molecule has 0 atom stereocenters. The fourth-order valence-electron chi connectivity index (χ4n) is 2.12. The monoisotopic (exact) mass is 320 g/mol. The minimum atomic E-state index is 0.0363. The predicted molar refractivity (Wildman–Crippen MR) is 81.5 cm³/mol. The van der Waals surface area contributed by atoms with Crippen LogP contribution in [0, 0.1) is 0 Å². The maximum Gasteiger partial charge on any atom is 0.257 e. The number of benzene rings is 1. The van der Waals surface area contributed by atoms with Gasteiger partial charge in [-0.3, -0.25) is 9.36 Å². The van der Waals surface area contributed by atoms with Crippen LogP contribution in [0.4, 0.5) is 0 Å². The fraction of sp³-hybridized carbons (Fsp3) is 0.333. The lowest BCUT2D eigenvalue weighted by atomic mass is 10.1. The van der Waals surface area contributed by atoms with Crippen molar-refractivity contribution in [2.24, 2.45) is 7.05 Å². The Labute approximate surface area is 121 Å². The molecular weight excluding hydrogens is 304 g/mol. The summed E-state index contributed by atoms with van der Waals surface area (Å²) in [6.45, 7) is 2.10. The molecule has 19 heavy (non-hydrogen) atoms. The molecule has 4 heteroatoms. The van der Waals surface area contributed by atoms with E-state index in [4.69, 9.17) is 4.98 Å². The molecule has 0 saturated heterocycles. The fourth-order valence-corrected chi connectivity index (χ4v) is 2.68. The molecule has 0 spiro atoms. The topological polar surface area (TPSA) is 34.9 Å². The Morgan fingerprint density at radius 1 is 1.26 bits per heavy atom. The smallest absolute Gasteiger partial charge is 0.257 e. The molecule has 3 nitrogen and oxygen atoms in total. The average molecular weight is 321 g/mol. The second kappa shape index (κ2) is 6.15. The molecule has 0 saturated carbocycles. The van der Waals surface area contributed by atoms with E-state index in [0.717, 1.165) is 35.5 Å². The zero-order chi connectivity index (χ0) is 13.8. The summed E-state index contributed by atoms with van der Waals surface area (Å²) in [6.07, 6.45) is 1.81. The summed E-state index contributed by atoms with van der Waals surface area (Å²) in [5.41, 5.74) is 2.68. The number of nitrogens with zero attached hydrogens (tertiary/aromatic N) is 2. The summed E-state index contributed by atoms with van der Waals surface area (Å²) in [4.78, 5) is 17.1. The van der Waals surface area contributed by atoms with Crippen molar-refractivity contribution in [1.29, 1.82) is 0 Å². The van der Waals surface area contributed by atoms with Gasteiger partial charge < -0.3 is 0 Å². The van der Waals surface area contributed by atoms with Gasteiger partial charge in [-0.05, 0) is 6.42 Å². The highest BCUT2D eigenvalue weighted by molar-refractivity contribution is 9.08. The van der Waals surface area contributed by atoms with Crippen LogP contribution < -0.4 is 5.56 Å². The van der Waals surface area contributed by atoms with Gasteiger partial charge in [0.15, 0.2) is 0 Å². The molecule has 0 aliphatic carbocycles. The molecular formula is C15H17BrN2O.